The Labute approximate surface area is 94.4 Å². The summed E-state index contributed by atoms with van der Waals surface area (Å²) in [5.74, 6) is -0.990. The highest BCUT2D eigenvalue weighted by molar-refractivity contribution is 5.79. The minimum Gasteiger partial charge on any atom is -0.478 e. The summed E-state index contributed by atoms with van der Waals surface area (Å²) >= 11 is 0. The van der Waals surface area contributed by atoms with Gasteiger partial charge >= 0.3 is 5.97 Å². The second-order valence-corrected chi connectivity index (χ2v) is 3.33. The van der Waals surface area contributed by atoms with Crippen LogP contribution in [0.15, 0.2) is 42.6 Å². The number of aliphatic hydroxyl groups is 1. The van der Waals surface area contributed by atoms with Crippen LogP contribution in [-0.2, 0) is 11.3 Å². The first-order valence-electron chi connectivity index (χ1n) is 5.02. The number of aliphatic carboxylic acids is 1. The molecule has 2 N–H and O–H groups in total. The van der Waals surface area contributed by atoms with Crippen molar-refractivity contribution < 1.29 is 15.0 Å². The fraction of sp³-hybridized carbons (Fsp3) is 0.250. The van der Waals surface area contributed by atoms with Crippen molar-refractivity contribution in [1.29, 1.82) is 0 Å². The van der Waals surface area contributed by atoms with E-state index >= 15 is 0 Å². The molecule has 0 atom stereocenters. The van der Waals surface area contributed by atoms with E-state index in [-0.39, 0.29) is 6.61 Å². The van der Waals surface area contributed by atoms with E-state index in [1.54, 1.807) is 4.90 Å². The molecule has 0 unspecified atom stereocenters. The Bertz CT molecular complexity index is 349. The maximum absolute atomic E-state index is 10.4. The number of carboxylic acids is 1. The van der Waals surface area contributed by atoms with Crippen molar-refractivity contribution in [2.45, 2.75) is 6.54 Å². The molecule has 0 fully saturated rings. The van der Waals surface area contributed by atoms with Crippen LogP contribution in [0.5, 0.6) is 0 Å². The van der Waals surface area contributed by atoms with Gasteiger partial charge in [-0.2, -0.15) is 0 Å². The Balaban J connectivity index is 2.61. The summed E-state index contributed by atoms with van der Waals surface area (Å²) in [4.78, 5) is 12.1. The first-order valence-corrected chi connectivity index (χ1v) is 5.02. The van der Waals surface area contributed by atoms with Crippen molar-refractivity contribution in [1.82, 2.24) is 4.90 Å². The van der Waals surface area contributed by atoms with E-state index in [1.165, 1.54) is 6.20 Å². The van der Waals surface area contributed by atoms with Gasteiger partial charge in [0, 0.05) is 25.4 Å². The molecule has 0 heterocycles. The van der Waals surface area contributed by atoms with Crippen molar-refractivity contribution in [3.8, 4) is 0 Å². The molecule has 0 spiro atoms. The number of aliphatic hydroxyl groups excluding tert-OH is 1. The number of hydrogen-bond acceptors (Lipinski definition) is 3. The quantitative estimate of drug-likeness (QED) is 0.706. The number of benzene rings is 1. The average molecular weight is 221 g/mol. The molecule has 4 heteroatoms. The van der Waals surface area contributed by atoms with Crippen molar-refractivity contribution in [3.63, 3.8) is 0 Å². The highest BCUT2D eigenvalue weighted by atomic mass is 16.4. The fourth-order valence-electron chi connectivity index (χ4n) is 1.32. The molecule has 1 rings (SSSR count). The minimum absolute atomic E-state index is 0.00318. The Morgan fingerprint density at radius 1 is 1.31 bits per heavy atom. The van der Waals surface area contributed by atoms with Gasteiger partial charge in [-0.05, 0) is 5.56 Å². The van der Waals surface area contributed by atoms with Crippen LogP contribution in [-0.4, -0.2) is 34.2 Å². The fourth-order valence-corrected chi connectivity index (χ4v) is 1.32. The normalized spacial score (nSPS) is 10.6. The lowest BCUT2D eigenvalue weighted by Gasteiger charge is -2.18. The van der Waals surface area contributed by atoms with Gasteiger partial charge < -0.3 is 15.1 Å². The molecule has 0 aromatic heterocycles. The summed E-state index contributed by atoms with van der Waals surface area (Å²) < 4.78 is 0. The van der Waals surface area contributed by atoms with Gasteiger partial charge in [-0.1, -0.05) is 30.3 Å². The molecule has 16 heavy (non-hydrogen) atoms. The zero-order valence-corrected chi connectivity index (χ0v) is 8.91. The van der Waals surface area contributed by atoms with Gasteiger partial charge in [-0.25, -0.2) is 4.79 Å². The Hall–Kier alpha value is -1.81. The predicted molar refractivity (Wildman–Crippen MR) is 60.7 cm³/mol. The molecule has 0 radical (unpaired) electrons. The summed E-state index contributed by atoms with van der Waals surface area (Å²) in [5.41, 5.74) is 1.07. The minimum atomic E-state index is -0.990. The third-order valence-corrected chi connectivity index (χ3v) is 2.04. The molecule has 86 valence electrons. The SMILES string of the molecule is O=C(O)/C=C/N(CCO)Cc1ccccc1. The lowest BCUT2D eigenvalue weighted by atomic mass is 10.2. The largest absolute Gasteiger partial charge is 0.478 e. The summed E-state index contributed by atoms with van der Waals surface area (Å²) in [6, 6.07) is 9.69. The van der Waals surface area contributed by atoms with E-state index in [4.69, 9.17) is 10.2 Å². The van der Waals surface area contributed by atoms with Gasteiger partial charge in [0.1, 0.15) is 0 Å². The number of carboxylic acid groups (broad SMARTS) is 1. The van der Waals surface area contributed by atoms with Crippen molar-refractivity contribution in [2.24, 2.45) is 0 Å². The molecule has 0 aliphatic carbocycles. The third kappa shape index (κ3) is 4.61. The molecular weight excluding hydrogens is 206 g/mol. The standard InChI is InChI=1S/C12H15NO3/c14-9-8-13(7-6-12(15)16)10-11-4-2-1-3-5-11/h1-7,14H,8-10H2,(H,15,16)/b7-6+. The lowest BCUT2D eigenvalue weighted by molar-refractivity contribution is -0.131. The number of nitrogens with zero attached hydrogens (tertiary/aromatic N) is 1. The molecule has 0 saturated carbocycles. The van der Waals surface area contributed by atoms with Gasteiger partial charge in [0.05, 0.1) is 6.61 Å². The summed E-state index contributed by atoms with van der Waals surface area (Å²) in [7, 11) is 0. The summed E-state index contributed by atoms with van der Waals surface area (Å²) in [6.45, 7) is 1.00. The van der Waals surface area contributed by atoms with E-state index in [9.17, 15) is 4.79 Å². The van der Waals surface area contributed by atoms with Crippen molar-refractivity contribution >= 4 is 5.97 Å². The second-order valence-electron chi connectivity index (χ2n) is 3.33. The van der Waals surface area contributed by atoms with Gasteiger partial charge in [0.15, 0.2) is 0 Å². The topological polar surface area (TPSA) is 60.8 Å². The molecule has 0 bridgehead atoms. The van der Waals surface area contributed by atoms with E-state index in [0.29, 0.717) is 13.1 Å². The van der Waals surface area contributed by atoms with Gasteiger partial charge in [0.25, 0.3) is 0 Å². The highest BCUT2D eigenvalue weighted by Gasteiger charge is 2.00. The van der Waals surface area contributed by atoms with Crippen LogP contribution in [0, 0.1) is 0 Å². The Morgan fingerprint density at radius 2 is 2.00 bits per heavy atom. The van der Waals surface area contributed by atoms with Gasteiger partial charge in [-0.3, -0.25) is 0 Å². The zero-order chi connectivity index (χ0) is 11.8. The van der Waals surface area contributed by atoms with Crippen molar-refractivity contribution in [3.05, 3.63) is 48.2 Å². The number of carbonyl (C=O) groups is 1. The van der Waals surface area contributed by atoms with Crippen LogP contribution in [0.4, 0.5) is 0 Å². The summed E-state index contributed by atoms with van der Waals surface area (Å²) in [5, 5.41) is 17.4. The average Bonchev–Trinajstić information content (AvgIpc) is 2.27. The van der Waals surface area contributed by atoms with E-state index in [2.05, 4.69) is 0 Å². The highest BCUT2D eigenvalue weighted by Crippen LogP contribution is 2.04. The molecule has 0 aliphatic rings. The molecular formula is C12H15NO3. The van der Waals surface area contributed by atoms with Crippen LogP contribution >= 0.6 is 0 Å². The van der Waals surface area contributed by atoms with Crippen LogP contribution in [0.25, 0.3) is 0 Å². The lowest BCUT2D eigenvalue weighted by Crippen LogP contribution is -2.21. The van der Waals surface area contributed by atoms with E-state index in [1.807, 2.05) is 30.3 Å². The van der Waals surface area contributed by atoms with Gasteiger partial charge in [0.2, 0.25) is 0 Å². The smallest absolute Gasteiger partial charge is 0.329 e. The second kappa shape index (κ2) is 6.63. The number of rotatable bonds is 6. The van der Waals surface area contributed by atoms with Crippen LogP contribution in [0.3, 0.4) is 0 Å². The van der Waals surface area contributed by atoms with Crippen LogP contribution in [0.2, 0.25) is 0 Å². The molecule has 0 amide bonds. The first-order chi connectivity index (χ1) is 7.72. The van der Waals surface area contributed by atoms with Crippen LogP contribution in [0.1, 0.15) is 5.56 Å². The Kier molecular flexibility index (Phi) is 5.08. The zero-order valence-electron chi connectivity index (χ0n) is 8.91. The van der Waals surface area contributed by atoms with E-state index < -0.39 is 5.97 Å². The van der Waals surface area contributed by atoms with Gasteiger partial charge in [-0.15, -0.1) is 0 Å². The third-order valence-electron chi connectivity index (χ3n) is 2.04. The van der Waals surface area contributed by atoms with Crippen molar-refractivity contribution in [2.75, 3.05) is 13.2 Å². The maximum Gasteiger partial charge on any atom is 0.329 e. The van der Waals surface area contributed by atoms with E-state index in [0.717, 1.165) is 11.6 Å². The molecule has 1 aromatic rings. The number of hydrogen-bond donors (Lipinski definition) is 2. The molecule has 1 aromatic carbocycles. The monoisotopic (exact) mass is 221 g/mol. The predicted octanol–water partition coefficient (Wildman–Crippen LogP) is 1.08. The first kappa shape index (κ1) is 12.3. The summed E-state index contributed by atoms with van der Waals surface area (Å²) in [6.07, 6.45) is 2.55. The molecule has 4 nitrogen and oxygen atoms in total. The molecule has 0 aliphatic heterocycles. The van der Waals surface area contributed by atoms with Crippen LogP contribution < -0.4 is 0 Å². The Morgan fingerprint density at radius 3 is 2.56 bits per heavy atom. The molecule has 0 saturated heterocycles. The maximum atomic E-state index is 10.4.